The molecule has 0 spiro atoms. The second-order valence-corrected chi connectivity index (χ2v) is 3.35. The topological polar surface area (TPSA) is 38.7 Å². The Morgan fingerprint density at radius 1 is 1.20 bits per heavy atom. The van der Waals surface area contributed by atoms with E-state index in [1.807, 2.05) is 12.1 Å². The molecule has 0 bridgehead atoms. The first-order chi connectivity index (χ1) is 7.28. The molecule has 3 heteroatoms. The molecule has 0 atom stereocenters. The minimum Gasteiger partial charge on any atom is -0.493 e. The van der Waals surface area contributed by atoms with Gasteiger partial charge in [-0.1, -0.05) is 19.4 Å². The summed E-state index contributed by atoms with van der Waals surface area (Å²) in [5.41, 5.74) is 1.95. The highest BCUT2D eigenvalue weighted by Gasteiger charge is 2.13. The van der Waals surface area contributed by atoms with Crippen LogP contribution in [0.2, 0.25) is 0 Å². The molecule has 0 fully saturated rings. The first-order valence-electron chi connectivity index (χ1n) is 5.12. The van der Waals surface area contributed by atoms with Gasteiger partial charge in [-0.2, -0.15) is 0 Å². The fourth-order valence-corrected chi connectivity index (χ4v) is 1.70. The molecule has 0 aliphatic carbocycles. The van der Waals surface area contributed by atoms with Crippen LogP contribution in [0, 0.1) is 0 Å². The molecular formula is C12H18O3. The lowest BCUT2D eigenvalue weighted by Crippen LogP contribution is -2.01. The van der Waals surface area contributed by atoms with Crippen molar-refractivity contribution < 1.29 is 14.6 Å². The number of rotatable bonds is 5. The zero-order valence-corrected chi connectivity index (χ0v) is 9.54. The third-order valence-corrected chi connectivity index (χ3v) is 2.42. The van der Waals surface area contributed by atoms with Gasteiger partial charge in [0.05, 0.1) is 20.8 Å². The van der Waals surface area contributed by atoms with Gasteiger partial charge in [0, 0.05) is 5.56 Å². The van der Waals surface area contributed by atoms with E-state index < -0.39 is 0 Å². The molecule has 1 aromatic carbocycles. The van der Waals surface area contributed by atoms with Crippen LogP contribution in [0.3, 0.4) is 0 Å². The second kappa shape index (κ2) is 5.61. The van der Waals surface area contributed by atoms with Crippen LogP contribution >= 0.6 is 0 Å². The molecule has 3 nitrogen and oxygen atoms in total. The number of ether oxygens (including phenoxy) is 2. The van der Waals surface area contributed by atoms with E-state index in [-0.39, 0.29) is 6.61 Å². The molecule has 0 radical (unpaired) electrons. The summed E-state index contributed by atoms with van der Waals surface area (Å²) in [7, 11) is 3.24. The molecule has 84 valence electrons. The van der Waals surface area contributed by atoms with Gasteiger partial charge in [-0.25, -0.2) is 0 Å². The molecule has 1 rings (SSSR count). The molecule has 0 aliphatic rings. The SMILES string of the molecule is CCCc1c(CO)ccc(OC)c1OC. The van der Waals surface area contributed by atoms with Gasteiger partial charge in [0.25, 0.3) is 0 Å². The van der Waals surface area contributed by atoms with Gasteiger partial charge in [-0.05, 0) is 18.1 Å². The molecule has 0 saturated carbocycles. The van der Waals surface area contributed by atoms with E-state index >= 15 is 0 Å². The van der Waals surface area contributed by atoms with Crippen molar-refractivity contribution in [3.63, 3.8) is 0 Å². The minimum absolute atomic E-state index is 0.0374. The lowest BCUT2D eigenvalue weighted by atomic mass is 10.0. The Bertz CT molecular complexity index is 321. The van der Waals surface area contributed by atoms with Gasteiger partial charge < -0.3 is 14.6 Å². The monoisotopic (exact) mass is 210 g/mol. The van der Waals surface area contributed by atoms with E-state index in [0.717, 1.165) is 35.5 Å². The predicted octanol–water partition coefficient (Wildman–Crippen LogP) is 2.15. The Hall–Kier alpha value is -1.22. The maximum Gasteiger partial charge on any atom is 0.164 e. The summed E-state index contributed by atoms with van der Waals surface area (Å²) < 4.78 is 10.5. The number of aliphatic hydroxyl groups is 1. The summed E-state index contributed by atoms with van der Waals surface area (Å²) in [5.74, 6) is 1.46. The maximum absolute atomic E-state index is 9.23. The Morgan fingerprint density at radius 2 is 1.93 bits per heavy atom. The third kappa shape index (κ3) is 2.42. The highest BCUT2D eigenvalue weighted by atomic mass is 16.5. The molecule has 1 N–H and O–H groups in total. The fraction of sp³-hybridized carbons (Fsp3) is 0.500. The van der Waals surface area contributed by atoms with Crippen molar-refractivity contribution >= 4 is 0 Å². The van der Waals surface area contributed by atoms with E-state index in [1.165, 1.54) is 0 Å². The minimum atomic E-state index is 0.0374. The highest BCUT2D eigenvalue weighted by Crippen LogP contribution is 2.34. The van der Waals surface area contributed by atoms with Crippen molar-refractivity contribution in [1.82, 2.24) is 0 Å². The van der Waals surface area contributed by atoms with Crippen LogP contribution < -0.4 is 9.47 Å². The predicted molar refractivity (Wildman–Crippen MR) is 59.5 cm³/mol. The second-order valence-electron chi connectivity index (χ2n) is 3.35. The average molecular weight is 210 g/mol. The van der Waals surface area contributed by atoms with E-state index in [9.17, 15) is 5.11 Å². The summed E-state index contributed by atoms with van der Waals surface area (Å²) >= 11 is 0. The average Bonchev–Trinajstić information content (AvgIpc) is 2.28. The van der Waals surface area contributed by atoms with Crippen molar-refractivity contribution in [3.05, 3.63) is 23.3 Å². The van der Waals surface area contributed by atoms with Crippen LogP contribution in [0.15, 0.2) is 12.1 Å². The van der Waals surface area contributed by atoms with Gasteiger partial charge >= 0.3 is 0 Å². The van der Waals surface area contributed by atoms with Crippen LogP contribution in [-0.2, 0) is 13.0 Å². The number of aliphatic hydroxyl groups excluding tert-OH is 1. The van der Waals surface area contributed by atoms with E-state index in [2.05, 4.69) is 6.92 Å². The molecule has 0 heterocycles. The highest BCUT2D eigenvalue weighted by molar-refractivity contribution is 5.50. The van der Waals surface area contributed by atoms with Gasteiger partial charge in [0.2, 0.25) is 0 Å². The van der Waals surface area contributed by atoms with Crippen molar-refractivity contribution in [2.24, 2.45) is 0 Å². The van der Waals surface area contributed by atoms with Crippen molar-refractivity contribution in [3.8, 4) is 11.5 Å². The Labute approximate surface area is 90.6 Å². The summed E-state index contributed by atoms with van der Waals surface area (Å²) in [6.45, 7) is 2.13. The number of hydrogen-bond acceptors (Lipinski definition) is 3. The zero-order chi connectivity index (χ0) is 11.3. The molecular weight excluding hydrogens is 192 g/mol. The summed E-state index contributed by atoms with van der Waals surface area (Å²) in [5, 5.41) is 9.23. The van der Waals surface area contributed by atoms with Crippen molar-refractivity contribution in [2.75, 3.05) is 14.2 Å². The molecule has 0 amide bonds. The Morgan fingerprint density at radius 3 is 2.40 bits per heavy atom. The normalized spacial score (nSPS) is 10.1. The Balaban J connectivity index is 3.24. The van der Waals surface area contributed by atoms with Crippen LogP contribution in [-0.4, -0.2) is 19.3 Å². The number of benzene rings is 1. The first-order valence-corrected chi connectivity index (χ1v) is 5.12. The summed E-state index contributed by atoms with van der Waals surface area (Å²) in [6.07, 6.45) is 1.90. The largest absolute Gasteiger partial charge is 0.493 e. The molecule has 0 unspecified atom stereocenters. The zero-order valence-electron chi connectivity index (χ0n) is 9.54. The van der Waals surface area contributed by atoms with E-state index in [1.54, 1.807) is 14.2 Å². The third-order valence-electron chi connectivity index (χ3n) is 2.42. The van der Waals surface area contributed by atoms with Crippen LogP contribution in [0.25, 0.3) is 0 Å². The maximum atomic E-state index is 9.23. The van der Waals surface area contributed by atoms with E-state index in [4.69, 9.17) is 9.47 Å². The quantitative estimate of drug-likeness (QED) is 0.809. The van der Waals surface area contributed by atoms with Crippen LogP contribution in [0.4, 0.5) is 0 Å². The van der Waals surface area contributed by atoms with Gasteiger partial charge in [0.1, 0.15) is 0 Å². The number of hydrogen-bond donors (Lipinski definition) is 1. The van der Waals surface area contributed by atoms with Crippen LogP contribution in [0.1, 0.15) is 24.5 Å². The van der Waals surface area contributed by atoms with Crippen molar-refractivity contribution in [2.45, 2.75) is 26.4 Å². The standard InChI is InChI=1S/C12H18O3/c1-4-5-10-9(8-13)6-7-11(14-2)12(10)15-3/h6-7,13H,4-5,8H2,1-3H3. The molecule has 1 aromatic rings. The van der Waals surface area contributed by atoms with Gasteiger partial charge in [-0.3, -0.25) is 0 Å². The molecule has 0 aliphatic heterocycles. The fourth-order valence-electron chi connectivity index (χ4n) is 1.70. The lowest BCUT2D eigenvalue weighted by Gasteiger charge is -2.15. The first kappa shape index (κ1) is 11.9. The summed E-state index contributed by atoms with van der Waals surface area (Å²) in [6, 6.07) is 3.70. The number of methoxy groups -OCH3 is 2. The smallest absolute Gasteiger partial charge is 0.164 e. The molecule has 0 aromatic heterocycles. The Kier molecular flexibility index (Phi) is 4.43. The van der Waals surface area contributed by atoms with Crippen molar-refractivity contribution in [1.29, 1.82) is 0 Å². The van der Waals surface area contributed by atoms with Crippen LogP contribution in [0.5, 0.6) is 11.5 Å². The lowest BCUT2D eigenvalue weighted by molar-refractivity contribution is 0.278. The summed E-state index contributed by atoms with van der Waals surface area (Å²) in [4.78, 5) is 0. The molecule has 0 saturated heterocycles. The van der Waals surface area contributed by atoms with E-state index in [0.29, 0.717) is 0 Å². The van der Waals surface area contributed by atoms with Gasteiger partial charge in [0.15, 0.2) is 11.5 Å². The van der Waals surface area contributed by atoms with Gasteiger partial charge in [-0.15, -0.1) is 0 Å². The molecule has 15 heavy (non-hydrogen) atoms.